The molecule has 27 heavy (non-hydrogen) atoms. The number of benzene rings is 3. The molecule has 2 nitrogen and oxygen atoms in total. The van der Waals surface area contributed by atoms with Crippen LogP contribution in [-0.4, -0.2) is 9.97 Å². The minimum atomic E-state index is 0.798. The van der Waals surface area contributed by atoms with Gasteiger partial charge in [0.1, 0.15) is 0 Å². The van der Waals surface area contributed by atoms with E-state index in [2.05, 4.69) is 80.6 Å². The van der Waals surface area contributed by atoms with E-state index in [0.717, 1.165) is 22.6 Å². The van der Waals surface area contributed by atoms with Crippen molar-refractivity contribution in [3.8, 4) is 22.5 Å². The smallest absolute Gasteiger partial charge is 0.160 e. The number of nitrogens with zero attached hydrogens (tertiary/aromatic N) is 2. The lowest BCUT2D eigenvalue weighted by Crippen LogP contribution is -1.92. The first-order valence-electron chi connectivity index (χ1n) is 9.02. The minimum absolute atomic E-state index is 0.798. The average Bonchev–Trinajstić information content (AvgIpc) is 3.08. The number of hydrogen-bond acceptors (Lipinski definition) is 3. The molecule has 0 unspecified atom stereocenters. The second kappa shape index (κ2) is 6.29. The lowest BCUT2D eigenvalue weighted by atomic mass is 10.0. The molecule has 130 valence electrons. The van der Waals surface area contributed by atoms with Gasteiger partial charge in [-0.25, -0.2) is 9.97 Å². The summed E-state index contributed by atoms with van der Waals surface area (Å²) < 4.78 is 2.43. The van der Waals surface area contributed by atoms with Crippen molar-refractivity contribution >= 4 is 31.6 Å². The fraction of sp³-hybridized carbons (Fsp3) is 0.0833. The van der Waals surface area contributed by atoms with Gasteiger partial charge in [-0.3, -0.25) is 0 Å². The molecule has 0 fully saturated rings. The van der Waals surface area contributed by atoms with Crippen molar-refractivity contribution in [2.24, 2.45) is 0 Å². The zero-order chi connectivity index (χ0) is 18.4. The van der Waals surface area contributed by atoms with E-state index in [1.54, 1.807) is 11.3 Å². The van der Waals surface area contributed by atoms with Crippen LogP contribution in [0.15, 0.2) is 72.8 Å². The van der Waals surface area contributed by atoms with Crippen LogP contribution in [0.1, 0.15) is 11.3 Å². The summed E-state index contributed by atoms with van der Waals surface area (Å²) in [6.07, 6.45) is 0. The Labute approximate surface area is 162 Å². The molecule has 0 aliphatic carbocycles. The van der Waals surface area contributed by atoms with Gasteiger partial charge in [0.25, 0.3) is 0 Å². The molecule has 0 saturated carbocycles. The van der Waals surface area contributed by atoms with Crippen molar-refractivity contribution in [1.29, 1.82) is 0 Å². The summed E-state index contributed by atoms with van der Waals surface area (Å²) in [6, 6.07) is 25.6. The highest BCUT2D eigenvalue weighted by Gasteiger charge is 2.13. The van der Waals surface area contributed by atoms with Gasteiger partial charge in [0, 0.05) is 15.6 Å². The molecule has 0 atom stereocenters. The van der Waals surface area contributed by atoms with Crippen LogP contribution >= 0.6 is 11.3 Å². The second-order valence-electron chi connectivity index (χ2n) is 6.86. The molecule has 0 bridgehead atoms. The van der Waals surface area contributed by atoms with Crippen LogP contribution in [0.25, 0.3) is 42.8 Å². The van der Waals surface area contributed by atoms with Gasteiger partial charge in [-0.2, -0.15) is 0 Å². The van der Waals surface area contributed by atoms with Crippen molar-refractivity contribution in [1.82, 2.24) is 9.97 Å². The second-order valence-corrected chi connectivity index (χ2v) is 7.91. The van der Waals surface area contributed by atoms with E-state index in [1.165, 1.54) is 31.5 Å². The van der Waals surface area contributed by atoms with Gasteiger partial charge in [-0.05, 0) is 31.0 Å². The lowest BCUT2D eigenvalue weighted by molar-refractivity contribution is 1.17. The van der Waals surface area contributed by atoms with Gasteiger partial charge >= 0.3 is 0 Å². The van der Waals surface area contributed by atoms with Gasteiger partial charge < -0.3 is 0 Å². The standard InChI is InChI=1S/C24H18N2S/c1-15-8-10-18(11-9-15)24-25-16(2)23-22(26-24)20-13-12-19(14-21(20)27-23)17-6-4-3-5-7-17/h3-14H,1-2H3. The number of fused-ring (bicyclic) bond motifs is 3. The van der Waals surface area contributed by atoms with E-state index in [9.17, 15) is 0 Å². The fourth-order valence-corrected chi connectivity index (χ4v) is 4.55. The quantitative estimate of drug-likeness (QED) is 0.343. The normalized spacial score (nSPS) is 11.3. The Morgan fingerprint density at radius 3 is 2.22 bits per heavy atom. The van der Waals surface area contributed by atoms with Gasteiger partial charge in [0.15, 0.2) is 5.82 Å². The van der Waals surface area contributed by atoms with Crippen LogP contribution in [-0.2, 0) is 0 Å². The lowest BCUT2D eigenvalue weighted by Gasteiger charge is -2.04. The number of aromatic nitrogens is 2. The van der Waals surface area contributed by atoms with Crippen LogP contribution in [0.5, 0.6) is 0 Å². The van der Waals surface area contributed by atoms with E-state index in [1.807, 2.05) is 6.07 Å². The van der Waals surface area contributed by atoms with Gasteiger partial charge in [-0.1, -0.05) is 72.3 Å². The molecule has 0 aliphatic rings. The van der Waals surface area contributed by atoms with Crippen molar-refractivity contribution in [2.75, 3.05) is 0 Å². The third-order valence-electron chi connectivity index (χ3n) is 4.90. The molecule has 0 radical (unpaired) electrons. The topological polar surface area (TPSA) is 25.8 Å². The summed E-state index contributed by atoms with van der Waals surface area (Å²) in [4.78, 5) is 9.70. The predicted octanol–water partition coefficient (Wildman–Crippen LogP) is 6.80. The zero-order valence-corrected chi connectivity index (χ0v) is 16.0. The molecule has 5 rings (SSSR count). The highest BCUT2D eigenvalue weighted by atomic mass is 32.1. The molecule has 0 spiro atoms. The Hall–Kier alpha value is -3.04. The van der Waals surface area contributed by atoms with Crippen LogP contribution < -0.4 is 0 Å². The number of aryl methyl sites for hydroxylation is 2. The third kappa shape index (κ3) is 2.81. The number of rotatable bonds is 2. The maximum atomic E-state index is 4.93. The highest BCUT2D eigenvalue weighted by molar-refractivity contribution is 7.25. The summed E-state index contributed by atoms with van der Waals surface area (Å²) in [7, 11) is 0. The molecule has 0 aliphatic heterocycles. The molecule has 0 saturated heterocycles. The highest BCUT2D eigenvalue weighted by Crippen LogP contribution is 2.37. The van der Waals surface area contributed by atoms with E-state index in [4.69, 9.17) is 9.97 Å². The summed E-state index contributed by atoms with van der Waals surface area (Å²) in [5.41, 5.74) is 6.87. The monoisotopic (exact) mass is 366 g/mol. The first-order valence-corrected chi connectivity index (χ1v) is 9.84. The van der Waals surface area contributed by atoms with Crippen LogP contribution in [0, 0.1) is 13.8 Å². The van der Waals surface area contributed by atoms with Crippen LogP contribution in [0.2, 0.25) is 0 Å². The first kappa shape index (κ1) is 16.2. The Kier molecular flexibility index (Phi) is 3.76. The van der Waals surface area contributed by atoms with E-state index >= 15 is 0 Å². The van der Waals surface area contributed by atoms with Crippen LogP contribution in [0.4, 0.5) is 0 Å². The number of hydrogen-bond donors (Lipinski definition) is 0. The summed E-state index contributed by atoms with van der Waals surface area (Å²) in [6.45, 7) is 4.17. The molecule has 2 heterocycles. The van der Waals surface area contributed by atoms with Gasteiger partial charge in [-0.15, -0.1) is 11.3 Å². The summed E-state index contributed by atoms with van der Waals surface area (Å²) in [5.74, 6) is 0.798. The SMILES string of the molecule is Cc1ccc(-c2nc(C)c3sc4cc(-c5ccccc5)ccc4c3n2)cc1. The van der Waals surface area contributed by atoms with E-state index in [-0.39, 0.29) is 0 Å². The molecule has 2 aromatic heterocycles. The predicted molar refractivity (Wildman–Crippen MR) is 115 cm³/mol. The largest absolute Gasteiger partial charge is 0.232 e. The first-order chi connectivity index (χ1) is 13.2. The third-order valence-corrected chi connectivity index (χ3v) is 6.15. The Bertz CT molecular complexity index is 1270. The summed E-state index contributed by atoms with van der Waals surface area (Å²) in [5, 5.41) is 1.20. The molecule has 0 N–H and O–H groups in total. The number of thiophene rings is 1. The molecule has 5 aromatic rings. The summed E-state index contributed by atoms with van der Waals surface area (Å²) >= 11 is 1.78. The Morgan fingerprint density at radius 2 is 1.44 bits per heavy atom. The van der Waals surface area contributed by atoms with Crippen molar-refractivity contribution in [3.05, 3.63) is 84.1 Å². The van der Waals surface area contributed by atoms with Gasteiger partial charge in [0.05, 0.1) is 15.9 Å². The zero-order valence-electron chi connectivity index (χ0n) is 15.2. The van der Waals surface area contributed by atoms with Crippen molar-refractivity contribution in [3.63, 3.8) is 0 Å². The van der Waals surface area contributed by atoms with Gasteiger partial charge in [0.2, 0.25) is 0 Å². The average molecular weight is 366 g/mol. The Balaban J connectivity index is 1.71. The molecule has 3 aromatic carbocycles. The maximum Gasteiger partial charge on any atom is 0.160 e. The molecule has 3 heteroatoms. The maximum absolute atomic E-state index is 4.93. The van der Waals surface area contributed by atoms with E-state index in [0.29, 0.717) is 0 Å². The van der Waals surface area contributed by atoms with E-state index < -0.39 is 0 Å². The van der Waals surface area contributed by atoms with Crippen LogP contribution in [0.3, 0.4) is 0 Å². The minimum Gasteiger partial charge on any atom is -0.232 e. The van der Waals surface area contributed by atoms with Crippen molar-refractivity contribution in [2.45, 2.75) is 13.8 Å². The molecule has 0 amide bonds. The van der Waals surface area contributed by atoms with Crippen molar-refractivity contribution < 1.29 is 0 Å². The Morgan fingerprint density at radius 1 is 0.704 bits per heavy atom. The molecular formula is C24H18N2S. The fourth-order valence-electron chi connectivity index (χ4n) is 3.42. The molecular weight excluding hydrogens is 348 g/mol.